The normalized spacial score (nSPS) is 13.5. The first-order valence-corrected chi connectivity index (χ1v) is 10.4. The number of imide groups is 1. The minimum atomic E-state index is -0.441. The third-order valence-electron chi connectivity index (χ3n) is 5.18. The van der Waals surface area contributed by atoms with Crippen molar-refractivity contribution in [3.05, 3.63) is 89.6 Å². The number of amides is 2. The van der Waals surface area contributed by atoms with E-state index in [-0.39, 0.29) is 5.70 Å². The van der Waals surface area contributed by atoms with E-state index in [1.165, 1.54) is 7.11 Å². The fraction of sp³-hybridized carbons (Fsp3) is 0.154. The highest BCUT2D eigenvalue weighted by atomic mass is 16.5. The second-order valence-corrected chi connectivity index (χ2v) is 7.32. The monoisotopic (exact) mass is 428 g/mol. The molecule has 3 aromatic carbocycles. The van der Waals surface area contributed by atoms with Crippen LogP contribution in [0.4, 0.5) is 11.4 Å². The average Bonchev–Trinajstić information content (AvgIpc) is 3.05. The van der Waals surface area contributed by atoms with Gasteiger partial charge in [-0.3, -0.25) is 9.59 Å². The van der Waals surface area contributed by atoms with Crippen molar-refractivity contribution < 1.29 is 19.1 Å². The molecule has 6 heteroatoms. The lowest BCUT2D eigenvalue weighted by Gasteiger charge is -2.18. The second-order valence-electron chi connectivity index (χ2n) is 7.32. The average molecular weight is 428 g/mol. The number of nitrogens with one attached hydrogen (secondary N) is 1. The number of hydrogen-bond donors (Lipinski definition) is 1. The Morgan fingerprint density at radius 3 is 2.22 bits per heavy atom. The molecule has 6 nitrogen and oxygen atoms in total. The van der Waals surface area contributed by atoms with Crippen LogP contribution in [-0.4, -0.2) is 25.5 Å². The van der Waals surface area contributed by atoms with Gasteiger partial charge in [0.1, 0.15) is 17.2 Å². The standard InChI is InChI=1S/C26H24N2O4/c1-4-32-20-15-13-19(14-16-20)27-24-23(18-11-9-17(2)10-12-18)25(29)28(26(24)30)21-7-5-6-8-22(21)31-3/h5-16,27H,4H2,1-3H3. The Bertz CT molecular complexity index is 1180. The van der Waals surface area contributed by atoms with E-state index in [4.69, 9.17) is 9.47 Å². The topological polar surface area (TPSA) is 67.9 Å². The Morgan fingerprint density at radius 1 is 0.875 bits per heavy atom. The molecule has 0 aliphatic carbocycles. The fourth-order valence-electron chi connectivity index (χ4n) is 3.61. The molecule has 0 spiro atoms. The Kier molecular flexibility index (Phi) is 5.94. The van der Waals surface area contributed by atoms with Crippen LogP contribution in [0.3, 0.4) is 0 Å². The van der Waals surface area contributed by atoms with Gasteiger partial charge in [-0.25, -0.2) is 4.90 Å². The van der Waals surface area contributed by atoms with Crippen molar-refractivity contribution in [1.29, 1.82) is 0 Å². The largest absolute Gasteiger partial charge is 0.495 e. The van der Waals surface area contributed by atoms with E-state index in [0.29, 0.717) is 34.9 Å². The maximum absolute atomic E-state index is 13.5. The molecular weight excluding hydrogens is 404 g/mol. The molecule has 0 saturated carbocycles. The Hall–Kier alpha value is -4.06. The van der Waals surface area contributed by atoms with Gasteiger partial charge in [0, 0.05) is 5.69 Å². The van der Waals surface area contributed by atoms with Crippen molar-refractivity contribution in [3.8, 4) is 11.5 Å². The smallest absolute Gasteiger partial charge is 0.282 e. The molecule has 2 amide bonds. The van der Waals surface area contributed by atoms with Gasteiger partial charge in [-0.2, -0.15) is 0 Å². The highest BCUT2D eigenvalue weighted by Gasteiger charge is 2.41. The summed E-state index contributed by atoms with van der Waals surface area (Å²) in [6.45, 7) is 4.45. The predicted molar refractivity (Wildman–Crippen MR) is 125 cm³/mol. The van der Waals surface area contributed by atoms with E-state index in [2.05, 4.69) is 5.32 Å². The van der Waals surface area contributed by atoms with Gasteiger partial charge >= 0.3 is 0 Å². The summed E-state index contributed by atoms with van der Waals surface area (Å²) in [5.41, 5.74) is 3.34. The molecule has 0 unspecified atom stereocenters. The molecule has 1 aliphatic heterocycles. The molecule has 0 fully saturated rings. The van der Waals surface area contributed by atoms with Crippen LogP contribution in [0.5, 0.6) is 11.5 Å². The number of nitrogens with zero attached hydrogens (tertiary/aromatic N) is 1. The summed E-state index contributed by atoms with van der Waals surface area (Å²) < 4.78 is 10.9. The van der Waals surface area contributed by atoms with Gasteiger partial charge in [0.2, 0.25) is 0 Å². The van der Waals surface area contributed by atoms with Gasteiger partial charge in [0.25, 0.3) is 11.8 Å². The predicted octanol–water partition coefficient (Wildman–Crippen LogP) is 4.80. The zero-order valence-electron chi connectivity index (χ0n) is 18.2. The van der Waals surface area contributed by atoms with Crippen molar-refractivity contribution >= 4 is 28.8 Å². The number of methoxy groups -OCH3 is 1. The van der Waals surface area contributed by atoms with Crippen LogP contribution in [0, 0.1) is 6.92 Å². The number of aryl methyl sites for hydroxylation is 1. The number of rotatable bonds is 7. The lowest BCUT2D eigenvalue weighted by atomic mass is 10.0. The number of para-hydroxylation sites is 2. The molecule has 32 heavy (non-hydrogen) atoms. The van der Waals surface area contributed by atoms with Crippen LogP contribution in [0.15, 0.2) is 78.5 Å². The summed E-state index contributed by atoms with van der Waals surface area (Å²) in [5, 5.41) is 3.16. The fourth-order valence-corrected chi connectivity index (χ4v) is 3.61. The second kappa shape index (κ2) is 8.98. The molecule has 3 aromatic rings. The van der Waals surface area contributed by atoms with Gasteiger partial charge in [0.15, 0.2) is 0 Å². The van der Waals surface area contributed by atoms with Crippen LogP contribution in [-0.2, 0) is 9.59 Å². The molecule has 1 heterocycles. The van der Waals surface area contributed by atoms with Gasteiger partial charge in [0.05, 0.1) is 25.0 Å². The van der Waals surface area contributed by atoms with Crippen LogP contribution in [0.1, 0.15) is 18.1 Å². The van der Waals surface area contributed by atoms with E-state index in [0.717, 1.165) is 16.2 Å². The lowest BCUT2D eigenvalue weighted by Crippen LogP contribution is -2.32. The van der Waals surface area contributed by atoms with Gasteiger partial charge in [-0.15, -0.1) is 0 Å². The number of carbonyl (C=O) groups is 2. The zero-order valence-corrected chi connectivity index (χ0v) is 18.2. The van der Waals surface area contributed by atoms with Crippen molar-refractivity contribution in [2.45, 2.75) is 13.8 Å². The minimum absolute atomic E-state index is 0.217. The van der Waals surface area contributed by atoms with Crippen molar-refractivity contribution in [3.63, 3.8) is 0 Å². The Morgan fingerprint density at radius 2 is 1.56 bits per heavy atom. The maximum atomic E-state index is 13.5. The first-order chi connectivity index (χ1) is 15.5. The number of carbonyl (C=O) groups excluding carboxylic acids is 2. The molecular formula is C26H24N2O4. The molecule has 162 valence electrons. The van der Waals surface area contributed by atoms with Gasteiger partial charge in [-0.05, 0) is 55.8 Å². The summed E-state index contributed by atoms with van der Waals surface area (Å²) >= 11 is 0. The highest BCUT2D eigenvalue weighted by molar-refractivity contribution is 6.46. The number of hydrogen-bond acceptors (Lipinski definition) is 5. The van der Waals surface area contributed by atoms with Crippen LogP contribution < -0.4 is 19.7 Å². The number of anilines is 2. The molecule has 0 atom stereocenters. The van der Waals surface area contributed by atoms with Crippen molar-refractivity contribution in [2.24, 2.45) is 0 Å². The SMILES string of the molecule is CCOc1ccc(NC2=C(c3ccc(C)cc3)C(=O)N(c3ccccc3OC)C2=O)cc1. The summed E-state index contributed by atoms with van der Waals surface area (Å²) in [6.07, 6.45) is 0. The summed E-state index contributed by atoms with van der Waals surface area (Å²) in [5.74, 6) is 0.329. The Labute approximate surface area is 187 Å². The van der Waals surface area contributed by atoms with Crippen molar-refractivity contribution in [1.82, 2.24) is 0 Å². The zero-order chi connectivity index (χ0) is 22.7. The summed E-state index contributed by atoms with van der Waals surface area (Å²) in [4.78, 5) is 28.2. The van der Waals surface area contributed by atoms with Gasteiger partial charge in [-0.1, -0.05) is 42.0 Å². The van der Waals surface area contributed by atoms with E-state index < -0.39 is 11.8 Å². The van der Waals surface area contributed by atoms with E-state index >= 15 is 0 Å². The molecule has 1 aliphatic rings. The molecule has 0 radical (unpaired) electrons. The number of ether oxygens (including phenoxy) is 2. The highest BCUT2D eigenvalue weighted by Crippen LogP contribution is 2.37. The molecule has 0 bridgehead atoms. The third kappa shape index (κ3) is 3.95. The quantitative estimate of drug-likeness (QED) is 0.548. The molecule has 1 N–H and O–H groups in total. The lowest BCUT2D eigenvalue weighted by molar-refractivity contribution is -0.120. The summed E-state index contributed by atoms with van der Waals surface area (Å²) in [6, 6.07) is 21.8. The number of benzene rings is 3. The molecule has 0 saturated heterocycles. The molecule has 0 aromatic heterocycles. The van der Waals surface area contributed by atoms with E-state index in [9.17, 15) is 9.59 Å². The minimum Gasteiger partial charge on any atom is -0.495 e. The van der Waals surface area contributed by atoms with Crippen LogP contribution in [0.25, 0.3) is 5.57 Å². The summed E-state index contributed by atoms with van der Waals surface area (Å²) in [7, 11) is 1.51. The Balaban J connectivity index is 1.78. The first kappa shape index (κ1) is 21.2. The van der Waals surface area contributed by atoms with E-state index in [1.807, 2.05) is 62.4 Å². The van der Waals surface area contributed by atoms with Crippen LogP contribution >= 0.6 is 0 Å². The first-order valence-electron chi connectivity index (χ1n) is 10.4. The third-order valence-corrected chi connectivity index (χ3v) is 5.18. The van der Waals surface area contributed by atoms with Crippen LogP contribution in [0.2, 0.25) is 0 Å². The molecule has 4 rings (SSSR count). The maximum Gasteiger partial charge on any atom is 0.282 e. The van der Waals surface area contributed by atoms with Gasteiger partial charge < -0.3 is 14.8 Å². The van der Waals surface area contributed by atoms with E-state index in [1.54, 1.807) is 24.3 Å². The van der Waals surface area contributed by atoms with Crippen molar-refractivity contribution in [2.75, 3.05) is 23.9 Å².